The van der Waals surface area contributed by atoms with Gasteiger partial charge in [-0.2, -0.15) is 0 Å². The third-order valence-electron chi connectivity index (χ3n) is 5.11. The fourth-order valence-electron chi connectivity index (χ4n) is 3.61. The molecule has 0 saturated carbocycles. The lowest BCUT2D eigenvalue weighted by Gasteiger charge is -2.06. The van der Waals surface area contributed by atoms with E-state index in [4.69, 9.17) is 13.3 Å². The van der Waals surface area contributed by atoms with E-state index in [0.717, 1.165) is 32.8 Å². The molecule has 6 rings (SSSR count). The first-order valence-electron chi connectivity index (χ1n) is 10.1. The minimum atomic E-state index is -0.379. The van der Waals surface area contributed by atoms with Gasteiger partial charge in [0.05, 0.1) is 5.75 Å². The maximum atomic E-state index is 12.2. The van der Waals surface area contributed by atoms with E-state index in [1.54, 1.807) is 0 Å². The van der Waals surface area contributed by atoms with E-state index in [2.05, 4.69) is 15.2 Å². The number of benzene rings is 3. The van der Waals surface area contributed by atoms with Crippen LogP contribution < -0.4 is 5.63 Å². The zero-order valence-corrected chi connectivity index (χ0v) is 18.7. The van der Waals surface area contributed by atoms with Gasteiger partial charge in [-0.05, 0) is 23.1 Å². The molecule has 0 saturated heterocycles. The summed E-state index contributed by atoms with van der Waals surface area (Å²) in [5, 5.41) is 12.1. The van der Waals surface area contributed by atoms with E-state index in [-0.39, 0.29) is 5.63 Å². The number of fused-ring (bicyclic) bond motifs is 4. The molecule has 0 fully saturated rings. The van der Waals surface area contributed by atoms with Gasteiger partial charge >= 0.3 is 5.63 Å². The summed E-state index contributed by atoms with van der Waals surface area (Å²) in [5.41, 5.74) is 2.63. The Morgan fingerprint density at radius 2 is 1.61 bits per heavy atom. The lowest BCUT2D eigenvalue weighted by molar-refractivity contribution is 0.425. The van der Waals surface area contributed by atoms with Gasteiger partial charge < -0.3 is 13.3 Å². The van der Waals surface area contributed by atoms with Crippen LogP contribution in [-0.4, -0.2) is 15.2 Å². The molecule has 0 unspecified atom stereocenters. The Kier molecular flexibility index (Phi) is 5.12. The Morgan fingerprint density at radius 1 is 0.758 bits per heavy atom. The zero-order chi connectivity index (χ0) is 22.2. The van der Waals surface area contributed by atoms with Gasteiger partial charge in [0.25, 0.3) is 10.4 Å². The number of rotatable bonds is 6. The summed E-state index contributed by atoms with van der Waals surface area (Å²) in [4.78, 5) is 16.6. The standard InChI is InChI=1S/C24H15N3O4S2/c28-21-11-15(17-10-9-14-5-1-2-6-16(14)22(17)31-21)12-32-24-27-26-20(30-24)13-33-23-25-18-7-3-4-8-19(18)29-23/h1-11H,12-13H2. The van der Waals surface area contributed by atoms with Crippen LogP contribution in [0.1, 0.15) is 11.5 Å². The minimum Gasteiger partial charge on any atom is -0.431 e. The number of aromatic nitrogens is 3. The molecule has 3 heterocycles. The maximum Gasteiger partial charge on any atom is 0.336 e. The van der Waals surface area contributed by atoms with Crippen LogP contribution >= 0.6 is 23.5 Å². The highest BCUT2D eigenvalue weighted by Gasteiger charge is 2.13. The summed E-state index contributed by atoms with van der Waals surface area (Å²) < 4.78 is 17.0. The molecule has 0 N–H and O–H groups in total. The summed E-state index contributed by atoms with van der Waals surface area (Å²) in [7, 11) is 0. The molecule has 33 heavy (non-hydrogen) atoms. The van der Waals surface area contributed by atoms with Gasteiger partial charge in [-0.25, -0.2) is 9.78 Å². The Morgan fingerprint density at radius 3 is 2.55 bits per heavy atom. The molecule has 0 aliphatic heterocycles. The molecule has 7 nitrogen and oxygen atoms in total. The van der Waals surface area contributed by atoms with E-state index in [1.807, 2.05) is 60.7 Å². The van der Waals surface area contributed by atoms with E-state index >= 15 is 0 Å². The number of hydrogen-bond donors (Lipinski definition) is 0. The quantitative estimate of drug-likeness (QED) is 0.163. The van der Waals surface area contributed by atoms with Crippen molar-refractivity contribution in [3.05, 3.63) is 88.6 Å². The zero-order valence-electron chi connectivity index (χ0n) is 17.1. The molecule has 0 radical (unpaired) electrons. The van der Waals surface area contributed by atoms with Gasteiger partial charge in [-0.15, -0.1) is 10.2 Å². The highest BCUT2D eigenvalue weighted by molar-refractivity contribution is 7.98. The Labute approximate surface area is 195 Å². The lowest BCUT2D eigenvalue weighted by Crippen LogP contribution is -2.00. The van der Waals surface area contributed by atoms with Crippen LogP contribution in [0.3, 0.4) is 0 Å². The molecule has 162 valence electrons. The summed E-state index contributed by atoms with van der Waals surface area (Å²) in [5.74, 6) is 1.43. The molecule has 6 aromatic rings. The molecule has 0 amide bonds. The second-order valence-corrected chi connectivity index (χ2v) is 9.09. The smallest absolute Gasteiger partial charge is 0.336 e. The van der Waals surface area contributed by atoms with Gasteiger partial charge in [-0.3, -0.25) is 0 Å². The summed E-state index contributed by atoms with van der Waals surface area (Å²) in [6.45, 7) is 0. The van der Waals surface area contributed by atoms with Crippen molar-refractivity contribution in [3.63, 3.8) is 0 Å². The number of thioether (sulfide) groups is 2. The molecular formula is C24H15N3O4S2. The molecule has 0 atom stereocenters. The van der Waals surface area contributed by atoms with Gasteiger partial charge in [0.2, 0.25) is 5.89 Å². The predicted molar refractivity (Wildman–Crippen MR) is 127 cm³/mol. The van der Waals surface area contributed by atoms with Crippen molar-refractivity contribution in [2.45, 2.75) is 22.0 Å². The molecule has 9 heteroatoms. The first kappa shape index (κ1) is 20.1. The third kappa shape index (κ3) is 4.01. The number of oxazole rings is 1. The van der Waals surface area contributed by atoms with Crippen molar-refractivity contribution in [1.29, 1.82) is 0 Å². The van der Waals surface area contributed by atoms with Gasteiger partial charge in [0.15, 0.2) is 5.58 Å². The maximum absolute atomic E-state index is 12.2. The van der Waals surface area contributed by atoms with Crippen LogP contribution in [0.4, 0.5) is 0 Å². The first-order chi connectivity index (χ1) is 16.2. The number of nitrogens with zero attached hydrogens (tertiary/aromatic N) is 3. The monoisotopic (exact) mass is 473 g/mol. The van der Waals surface area contributed by atoms with Crippen molar-refractivity contribution >= 4 is 56.4 Å². The summed E-state index contributed by atoms with van der Waals surface area (Å²) in [6.07, 6.45) is 0. The largest absolute Gasteiger partial charge is 0.431 e. The molecule has 0 bridgehead atoms. The minimum absolute atomic E-state index is 0.379. The van der Waals surface area contributed by atoms with Crippen molar-refractivity contribution in [3.8, 4) is 0 Å². The normalized spacial score (nSPS) is 11.6. The molecule has 0 aliphatic rings. The average Bonchev–Trinajstić information content (AvgIpc) is 3.47. The van der Waals surface area contributed by atoms with Crippen LogP contribution in [-0.2, 0) is 11.5 Å². The fraction of sp³-hybridized carbons (Fsp3) is 0.0833. The van der Waals surface area contributed by atoms with Crippen LogP contribution in [0.15, 0.2) is 95.2 Å². The SMILES string of the molecule is O=c1cc(CSc2nnc(CSc3nc4ccccc4o3)o2)c2ccc3ccccc3c2o1. The van der Waals surface area contributed by atoms with E-state index in [1.165, 1.54) is 29.6 Å². The Balaban J connectivity index is 1.18. The van der Waals surface area contributed by atoms with E-state index in [0.29, 0.717) is 33.4 Å². The van der Waals surface area contributed by atoms with Crippen molar-refractivity contribution in [2.75, 3.05) is 0 Å². The van der Waals surface area contributed by atoms with Gasteiger partial charge in [-0.1, -0.05) is 72.1 Å². The molecule has 0 aliphatic carbocycles. The molecule has 3 aromatic carbocycles. The van der Waals surface area contributed by atoms with Crippen LogP contribution in [0, 0.1) is 0 Å². The Bertz CT molecular complexity index is 1640. The number of hydrogen-bond acceptors (Lipinski definition) is 9. The van der Waals surface area contributed by atoms with Crippen molar-refractivity contribution < 1.29 is 13.3 Å². The third-order valence-corrected chi connectivity index (χ3v) is 6.79. The van der Waals surface area contributed by atoms with E-state index < -0.39 is 0 Å². The van der Waals surface area contributed by atoms with E-state index in [9.17, 15) is 4.79 Å². The van der Waals surface area contributed by atoms with Crippen molar-refractivity contribution in [1.82, 2.24) is 15.2 Å². The highest BCUT2D eigenvalue weighted by Crippen LogP contribution is 2.31. The number of para-hydroxylation sites is 2. The summed E-state index contributed by atoms with van der Waals surface area (Å²) >= 11 is 2.77. The molecular weight excluding hydrogens is 458 g/mol. The lowest BCUT2D eigenvalue weighted by atomic mass is 10.0. The van der Waals surface area contributed by atoms with Crippen LogP contribution in [0.2, 0.25) is 0 Å². The average molecular weight is 474 g/mol. The van der Waals surface area contributed by atoms with Crippen LogP contribution in [0.25, 0.3) is 32.8 Å². The second kappa shape index (κ2) is 8.42. The van der Waals surface area contributed by atoms with Gasteiger partial charge in [0, 0.05) is 22.6 Å². The fourth-order valence-corrected chi connectivity index (χ4v) is 5.05. The molecule has 0 spiro atoms. The van der Waals surface area contributed by atoms with Gasteiger partial charge in [0.1, 0.15) is 11.1 Å². The molecule has 3 aromatic heterocycles. The first-order valence-corrected chi connectivity index (χ1v) is 12.1. The summed E-state index contributed by atoms with van der Waals surface area (Å²) in [6, 6.07) is 21.0. The second-order valence-electron chi connectivity index (χ2n) is 7.24. The van der Waals surface area contributed by atoms with Crippen molar-refractivity contribution in [2.24, 2.45) is 0 Å². The highest BCUT2D eigenvalue weighted by atomic mass is 32.2. The Hall–Kier alpha value is -3.56. The topological polar surface area (TPSA) is 95.2 Å². The predicted octanol–water partition coefficient (Wildman–Crippen LogP) is 6.06. The van der Waals surface area contributed by atoms with Crippen LogP contribution in [0.5, 0.6) is 0 Å².